The van der Waals surface area contributed by atoms with Crippen LogP contribution in [0.5, 0.6) is 0 Å². The van der Waals surface area contributed by atoms with Crippen LogP contribution in [0.2, 0.25) is 5.02 Å². The van der Waals surface area contributed by atoms with Crippen LogP contribution in [0.1, 0.15) is 10.4 Å². The Morgan fingerprint density at radius 2 is 1.71 bits per heavy atom. The van der Waals surface area contributed by atoms with Gasteiger partial charge in [0.15, 0.2) is 24.4 Å². The van der Waals surface area contributed by atoms with E-state index in [1.54, 1.807) is 30.5 Å². The summed E-state index contributed by atoms with van der Waals surface area (Å²) in [6, 6.07) is 12.6. The lowest BCUT2D eigenvalue weighted by molar-refractivity contribution is -0.568. The molecule has 0 radical (unpaired) electrons. The second-order valence-corrected chi connectivity index (χ2v) is 3.95. The average Bonchev–Trinajstić information content (AvgIpc) is 2.38. The second kappa shape index (κ2) is 5.41. The fraction of sp³-hybridized carbons (Fsp3) is 0. The van der Waals surface area contributed by atoms with Crippen LogP contribution in [0.4, 0.5) is 0 Å². The number of hydrogen-bond donors (Lipinski definition) is 0. The lowest BCUT2D eigenvalue weighted by Crippen LogP contribution is -2.23. The van der Waals surface area contributed by atoms with Crippen LogP contribution in [-0.2, 0) is 0 Å². The van der Waals surface area contributed by atoms with Gasteiger partial charge in [0.25, 0.3) is 0 Å². The maximum absolute atomic E-state index is 11.8. The molecule has 0 saturated heterocycles. The summed E-state index contributed by atoms with van der Waals surface area (Å²) in [6.45, 7) is 0. The second-order valence-electron chi connectivity index (χ2n) is 3.51. The summed E-state index contributed by atoms with van der Waals surface area (Å²) in [7, 11) is 0. The summed E-state index contributed by atoms with van der Waals surface area (Å²) in [5, 5.41) is 0.628. The van der Waals surface area contributed by atoms with Crippen LogP contribution in [0.3, 0.4) is 0 Å². The smallest absolute Gasteiger partial charge is 0.191 e. The van der Waals surface area contributed by atoms with Crippen LogP contribution in [0.15, 0.2) is 60.9 Å². The molecule has 0 N–H and O–H groups in total. The van der Waals surface area contributed by atoms with Crippen molar-refractivity contribution < 1.29 is 9.36 Å². The monoisotopic (exact) mass is 244 g/mol. The molecule has 2 aromatic rings. The first-order valence-corrected chi connectivity index (χ1v) is 5.57. The van der Waals surface area contributed by atoms with Gasteiger partial charge >= 0.3 is 0 Å². The first-order valence-electron chi connectivity index (χ1n) is 5.19. The standard InChI is InChI=1S/C14H11ClNO/c15-13-6-4-12(5-7-13)14(17)8-11-16-9-2-1-3-10-16/h1-11H/q+1/b11-8+. The average molecular weight is 245 g/mol. The molecule has 2 nitrogen and oxygen atoms in total. The van der Waals surface area contributed by atoms with Gasteiger partial charge in [-0.3, -0.25) is 4.79 Å². The SMILES string of the molecule is O=C(/C=C/[n+]1ccccc1)c1ccc(Cl)cc1. The molecular formula is C14H11ClNO+. The molecule has 0 spiro atoms. The zero-order valence-corrected chi connectivity index (χ0v) is 9.84. The van der Waals surface area contributed by atoms with Gasteiger partial charge in [-0.1, -0.05) is 17.7 Å². The van der Waals surface area contributed by atoms with Crippen LogP contribution in [0, 0.1) is 0 Å². The van der Waals surface area contributed by atoms with E-state index >= 15 is 0 Å². The van der Waals surface area contributed by atoms with Gasteiger partial charge in [-0.05, 0) is 24.3 Å². The minimum atomic E-state index is -0.0435. The van der Waals surface area contributed by atoms with E-state index in [0.717, 1.165) is 0 Å². The van der Waals surface area contributed by atoms with Gasteiger partial charge in [0.1, 0.15) is 0 Å². The van der Waals surface area contributed by atoms with Crippen molar-refractivity contribution in [2.75, 3.05) is 0 Å². The number of benzene rings is 1. The van der Waals surface area contributed by atoms with E-state index in [2.05, 4.69) is 0 Å². The molecule has 17 heavy (non-hydrogen) atoms. The molecule has 0 fully saturated rings. The van der Waals surface area contributed by atoms with Crippen molar-refractivity contribution in [3.05, 3.63) is 71.5 Å². The Hall–Kier alpha value is -1.93. The zero-order chi connectivity index (χ0) is 12.1. The van der Waals surface area contributed by atoms with Crippen molar-refractivity contribution in [2.24, 2.45) is 0 Å². The molecule has 84 valence electrons. The van der Waals surface area contributed by atoms with Crippen LogP contribution < -0.4 is 4.57 Å². The number of halogens is 1. The van der Waals surface area contributed by atoms with Gasteiger partial charge in [-0.15, -0.1) is 0 Å². The molecule has 0 unspecified atom stereocenters. The summed E-state index contributed by atoms with van der Waals surface area (Å²) in [5.74, 6) is -0.0435. The molecule has 0 aliphatic heterocycles. The number of pyridine rings is 1. The van der Waals surface area contributed by atoms with Crippen molar-refractivity contribution in [2.45, 2.75) is 0 Å². The first kappa shape index (κ1) is 11.6. The van der Waals surface area contributed by atoms with E-state index in [4.69, 9.17) is 11.6 Å². The number of ketones is 1. The lowest BCUT2D eigenvalue weighted by atomic mass is 10.1. The van der Waals surface area contributed by atoms with E-state index in [1.165, 1.54) is 6.08 Å². The normalized spacial score (nSPS) is 10.6. The Morgan fingerprint density at radius 1 is 1.06 bits per heavy atom. The molecule has 1 aromatic heterocycles. The molecule has 0 atom stereocenters. The van der Waals surface area contributed by atoms with Crippen LogP contribution in [-0.4, -0.2) is 5.78 Å². The lowest BCUT2D eigenvalue weighted by Gasteiger charge is -1.94. The number of carbonyl (C=O) groups excluding carboxylic acids is 1. The summed E-state index contributed by atoms with van der Waals surface area (Å²) in [4.78, 5) is 11.8. The fourth-order valence-electron chi connectivity index (χ4n) is 1.38. The molecule has 0 amide bonds. The van der Waals surface area contributed by atoms with Crippen molar-refractivity contribution in [3.63, 3.8) is 0 Å². The van der Waals surface area contributed by atoms with Gasteiger partial charge in [0, 0.05) is 22.7 Å². The highest BCUT2D eigenvalue weighted by molar-refractivity contribution is 6.30. The molecule has 0 bridgehead atoms. The third-order valence-electron chi connectivity index (χ3n) is 2.27. The van der Waals surface area contributed by atoms with Gasteiger partial charge in [-0.25, -0.2) is 0 Å². The van der Waals surface area contributed by atoms with E-state index in [1.807, 2.05) is 35.2 Å². The highest BCUT2D eigenvalue weighted by Crippen LogP contribution is 2.10. The van der Waals surface area contributed by atoms with Crippen molar-refractivity contribution in [1.82, 2.24) is 0 Å². The Bertz CT molecular complexity index is 532. The van der Waals surface area contributed by atoms with Gasteiger partial charge in [0.2, 0.25) is 0 Å². The predicted molar refractivity (Wildman–Crippen MR) is 67.7 cm³/mol. The maximum atomic E-state index is 11.8. The summed E-state index contributed by atoms with van der Waals surface area (Å²) in [6.07, 6.45) is 6.98. The maximum Gasteiger partial charge on any atom is 0.191 e. The quantitative estimate of drug-likeness (QED) is 0.462. The van der Waals surface area contributed by atoms with Crippen molar-refractivity contribution >= 4 is 23.6 Å². The number of allylic oxidation sites excluding steroid dienone is 1. The minimum Gasteiger partial charge on any atom is -0.289 e. The highest BCUT2D eigenvalue weighted by atomic mass is 35.5. The molecule has 0 aliphatic carbocycles. The van der Waals surface area contributed by atoms with Crippen LogP contribution >= 0.6 is 11.6 Å². The largest absolute Gasteiger partial charge is 0.289 e. The summed E-state index contributed by atoms with van der Waals surface area (Å²) < 4.78 is 1.81. The van der Waals surface area contributed by atoms with Crippen molar-refractivity contribution in [3.8, 4) is 0 Å². The Balaban J connectivity index is 2.12. The number of nitrogens with zero attached hydrogens (tertiary/aromatic N) is 1. The number of aromatic nitrogens is 1. The molecule has 2 rings (SSSR count). The van der Waals surface area contributed by atoms with Crippen LogP contribution in [0.25, 0.3) is 6.20 Å². The number of carbonyl (C=O) groups is 1. The molecule has 3 heteroatoms. The van der Waals surface area contributed by atoms with E-state index < -0.39 is 0 Å². The van der Waals surface area contributed by atoms with Crippen molar-refractivity contribution in [1.29, 1.82) is 0 Å². The molecule has 0 aliphatic rings. The summed E-state index contributed by atoms with van der Waals surface area (Å²) >= 11 is 5.76. The zero-order valence-electron chi connectivity index (χ0n) is 9.08. The molecule has 1 heterocycles. The fourth-order valence-corrected chi connectivity index (χ4v) is 1.50. The predicted octanol–water partition coefficient (Wildman–Crippen LogP) is 2.98. The van der Waals surface area contributed by atoms with Gasteiger partial charge in [-0.2, -0.15) is 4.57 Å². The third kappa shape index (κ3) is 3.26. The Kier molecular flexibility index (Phi) is 3.68. The number of rotatable bonds is 3. The Morgan fingerprint density at radius 3 is 2.35 bits per heavy atom. The minimum absolute atomic E-state index is 0.0435. The molecular weight excluding hydrogens is 234 g/mol. The topological polar surface area (TPSA) is 20.9 Å². The van der Waals surface area contributed by atoms with Gasteiger partial charge in [0.05, 0.1) is 6.08 Å². The molecule has 0 saturated carbocycles. The number of hydrogen-bond acceptors (Lipinski definition) is 1. The summed E-state index contributed by atoms with van der Waals surface area (Å²) in [5.41, 5.74) is 0.627. The molecule has 1 aromatic carbocycles. The third-order valence-corrected chi connectivity index (χ3v) is 2.52. The first-order chi connectivity index (χ1) is 8.25. The van der Waals surface area contributed by atoms with Gasteiger partial charge < -0.3 is 0 Å². The van der Waals surface area contributed by atoms with E-state index in [9.17, 15) is 4.79 Å². The van der Waals surface area contributed by atoms with E-state index in [0.29, 0.717) is 10.6 Å². The van der Waals surface area contributed by atoms with E-state index in [-0.39, 0.29) is 5.78 Å². The highest BCUT2D eigenvalue weighted by Gasteiger charge is 2.02. The Labute approximate surface area is 105 Å².